The first-order valence-electron chi connectivity index (χ1n) is 9.41. The zero-order chi connectivity index (χ0) is 19.2. The lowest BCUT2D eigenvalue weighted by Gasteiger charge is -2.26. The van der Waals surface area contributed by atoms with Crippen molar-refractivity contribution in [2.24, 2.45) is 0 Å². The van der Waals surface area contributed by atoms with Crippen LogP contribution in [0.2, 0.25) is 0 Å². The number of aryl methyl sites for hydroxylation is 2. The Morgan fingerprint density at radius 2 is 1.96 bits per heavy atom. The van der Waals surface area contributed by atoms with Crippen LogP contribution in [0.25, 0.3) is 0 Å². The number of carbonyl (C=O) groups excluding carboxylic acids is 1. The Balaban J connectivity index is 1.50. The van der Waals surface area contributed by atoms with Crippen molar-refractivity contribution in [1.82, 2.24) is 10.2 Å². The number of hydrogen-bond donors (Lipinski definition) is 1. The summed E-state index contributed by atoms with van der Waals surface area (Å²) in [6, 6.07) is 7.85. The molecule has 0 bridgehead atoms. The third-order valence-electron chi connectivity index (χ3n) is 4.92. The van der Waals surface area contributed by atoms with Crippen molar-refractivity contribution in [3.63, 3.8) is 0 Å². The zero-order valence-corrected chi connectivity index (χ0v) is 16.3. The monoisotopic (exact) mass is 372 g/mol. The molecular weight excluding hydrogens is 344 g/mol. The molecule has 1 aromatic heterocycles. The van der Waals surface area contributed by atoms with E-state index in [2.05, 4.69) is 10.2 Å². The number of carbonyl (C=O) groups is 1. The maximum Gasteiger partial charge on any atom is 0.255 e. The van der Waals surface area contributed by atoms with Crippen LogP contribution in [-0.2, 0) is 11.3 Å². The summed E-state index contributed by atoms with van der Waals surface area (Å²) in [4.78, 5) is 14.8. The van der Waals surface area contributed by atoms with E-state index in [-0.39, 0.29) is 5.91 Å². The summed E-state index contributed by atoms with van der Waals surface area (Å²) in [7, 11) is 0. The molecule has 3 rings (SSSR count). The SMILES string of the molecule is Cc1oc(C)c(C(=O)NCc2cccc(OCCN3CCOCC3)c2)c1C. The minimum Gasteiger partial charge on any atom is -0.492 e. The van der Waals surface area contributed by atoms with Gasteiger partial charge in [0.25, 0.3) is 5.91 Å². The van der Waals surface area contributed by atoms with Gasteiger partial charge in [-0.2, -0.15) is 0 Å². The predicted octanol–water partition coefficient (Wildman–Crippen LogP) is 2.85. The van der Waals surface area contributed by atoms with E-state index in [1.807, 2.05) is 45.0 Å². The van der Waals surface area contributed by atoms with Gasteiger partial charge in [0.1, 0.15) is 23.9 Å². The molecule has 27 heavy (non-hydrogen) atoms. The van der Waals surface area contributed by atoms with Gasteiger partial charge in [-0.15, -0.1) is 0 Å². The highest BCUT2D eigenvalue weighted by atomic mass is 16.5. The minimum absolute atomic E-state index is 0.111. The van der Waals surface area contributed by atoms with Gasteiger partial charge in [0.2, 0.25) is 0 Å². The molecule has 2 aromatic rings. The largest absolute Gasteiger partial charge is 0.492 e. The molecule has 0 radical (unpaired) electrons. The van der Waals surface area contributed by atoms with Gasteiger partial charge in [-0.3, -0.25) is 9.69 Å². The molecule has 1 N–H and O–H groups in total. The Morgan fingerprint density at radius 3 is 2.67 bits per heavy atom. The lowest BCUT2D eigenvalue weighted by atomic mass is 10.1. The van der Waals surface area contributed by atoms with Gasteiger partial charge in [-0.05, 0) is 38.5 Å². The second-order valence-corrected chi connectivity index (χ2v) is 6.85. The number of nitrogens with zero attached hydrogens (tertiary/aromatic N) is 1. The normalized spacial score (nSPS) is 14.9. The van der Waals surface area contributed by atoms with Gasteiger partial charge in [0.15, 0.2) is 0 Å². The third kappa shape index (κ3) is 5.11. The summed E-state index contributed by atoms with van der Waals surface area (Å²) < 4.78 is 16.8. The van der Waals surface area contributed by atoms with E-state index in [0.717, 1.165) is 55.5 Å². The van der Waals surface area contributed by atoms with Crippen LogP contribution in [0.15, 0.2) is 28.7 Å². The van der Waals surface area contributed by atoms with Crippen molar-refractivity contribution >= 4 is 5.91 Å². The highest BCUT2D eigenvalue weighted by Crippen LogP contribution is 2.21. The Bertz CT molecular complexity index is 778. The van der Waals surface area contributed by atoms with Crippen LogP contribution in [0.3, 0.4) is 0 Å². The number of hydrogen-bond acceptors (Lipinski definition) is 5. The topological polar surface area (TPSA) is 63.9 Å². The maximum absolute atomic E-state index is 12.5. The van der Waals surface area contributed by atoms with Gasteiger partial charge < -0.3 is 19.2 Å². The molecule has 1 aliphatic rings. The Morgan fingerprint density at radius 1 is 1.19 bits per heavy atom. The summed E-state index contributed by atoms with van der Waals surface area (Å²) in [6.07, 6.45) is 0. The van der Waals surface area contributed by atoms with Crippen LogP contribution in [0.5, 0.6) is 5.75 Å². The highest BCUT2D eigenvalue weighted by Gasteiger charge is 2.18. The van der Waals surface area contributed by atoms with E-state index >= 15 is 0 Å². The first-order valence-corrected chi connectivity index (χ1v) is 9.41. The average Bonchev–Trinajstić information content (AvgIpc) is 2.93. The van der Waals surface area contributed by atoms with Crippen LogP contribution < -0.4 is 10.1 Å². The average molecular weight is 372 g/mol. The van der Waals surface area contributed by atoms with Crippen molar-refractivity contribution in [3.05, 3.63) is 52.5 Å². The van der Waals surface area contributed by atoms with Crippen molar-refractivity contribution in [1.29, 1.82) is 0 Å². The molecule has 2 heterocycles. The van der Waals surface area contributed by atoms with Crippen molar-refractivity contribution in [3.8, 4) is 5.75 Å². The van der Waals surface area contributed by atoms with Gasteiger partial charge in [-0.1, -0.05) is 12.1 Å². The first-order chi connectivity index (χ1) is 13.0. The van der Waals surface area contributed by atoms with Crippen LogP contribution in [0.4, 0.5) is 0 Å². The molecule has 0 aliphatic carbocycles. The van der Waals surface area contributed by atoms with E-state index in [1.165, 1.54) is 0 Å². The summed E-state index contributed by atoms with van der Waals surface area (Å²) in [5.41, 5.74) is 2.53. The lowest BCUT2D eigenvalue weighted by Crippen LogP contribution is -2.38. The fraction of sp³-hybridized carbons (Fsp3) is 0.476. The number of furan rings is 1. The molecule has 6 heteroatoms. The molecule has 146 valence electrons. The molecule has 1 fully saturated rings. The number of rotatable bonds is 7. The van der Waals surface area contributed by atoms with E-state index in [9.17, 15) is 4.79 Å². The molecule has 0 saturated carbocycles. The molecule has 1 aliphatic heterocycles. The zero-order valence-electron chi connectivity index (χ0n) is 16.3. The van der Waals surface area contributed by atoms with Crippen LogP contribution >= 0.6 is 0 Å². The first kappa shape index (κ1) is 19.5. The summed E-state index contributed by atoms with van der Waals surface area (Å²) >= 11 is 0. The van der Waals surface area contributed by atoms with E-state index in [1.54, 1.807) is 0 Å². The number of nitrogens with one attached hydrogen (secondary N) is 1. The molecule has 0 atom stereocenters. The van der Waals surface area contributed by atoms with Gasteiger partial charge in [0.05, 0.1) is 18.8 Å². The van der Waals surface area contributed by atoms with E-state index in [0.29, 0.717) is 24.5 Å². The summed E-state index contributed by atoms with van der Waals surface area (Å²) in [6.45, 7) is 11.1. The lowest BCUT2D eigenvalue weighted by molar-refractivity contribution is 0.0322. The fourth-order valence-corrected chi connectivity index (χ4v) is 3.26. The van der Waals surface area contributed by atoms with Gasteiger partial charge in [0, 0.05) is 31.7 Å². The molecular formula is C21H28N2O4. The van der Waals surface area contributed by atoms with Crippen LogP contribution in [0.1, 0.15) is 33.0 Å². The van der Waals surface area contributed by atoms with Crippen molar-refractivity contribution in [2.45, 2.75) is 27.3 Å². The second-order valence-electron chi connectivity index (χ2n) is 6.85. The van der Waals surface area contributed by atoms with E-state index < -0.39 is 0 Å². The summed E-state index contributed by atoms with van der Waals surface area (Å²) in [5, 5.41) is 2.97. The molecule has 0 spiro atoms. The van der Waals surface area contributed by atoms with Gasteiger partial charge in [-0.25, -0.2) is 0 Å². The number of benzene rings is 1. The number of morpholine rings is 1. The van der Waals surface area contributed by atoms with Crippen LogP contribution in [0, 0.1) is 20.8 Å². The molecule has 1 amide bonds. The second kappa shape index (κ2) is 9.06. The molecule has 1 aromatic carbocycles. The summed E-state index contributed by atoms with van der Waals surface area (Å²) in [5.74, 6) is 2.15. The van der Waals surface area contributed by atoms with Crippen LogP contribution in [-0.4, -0.2) is 50.3 Å². The Hall–Kier alpha value is -2.31. The van der Waals surface area contributed by atoms with Crippen molar-refractivity contribution in [2.75, 3.05) is 39.5 Å². The fourth-order valence-electron chi connectivity index (χ4n) is 3.26. The smallest absolute Gasteiger partial charge is 0.255 e. The predicted molar refractivity (Wildman–Crippen MR) is 103 cm³/mol. The Labute approximate surface area is 160 Å². The third-order valence-corrected chi connectivity index (χ3v) is 4.92. The maximum atomic E-state index is 12.5. The van der Waals surface area contributed by atoms with E-state index in [4.69, 9.17) is 13.9 Å². The standard InChI is InChI=1S/C21H28N2O4/c1-15-16(2)27-17(3)20(15)21(24)22-14-18-5-4-6-19(13-18)26-12-9-23-7-10-25-11-8-23/h4-6,13H,7-12,14H2,1-3H3,(H,22,24). The molecule has 0 unspecified atom stereocenters. The van der Waals surface area contributed by atoms with Crippen molar-refractivity contribution < 1.29 is 18.7 Å². The highest BCUT2D eigenvalue weighted by molar-refractivity contribution is 5.96. The molecule has 1 saturated heterocycles. The number of amides is 1. The quantitative estimate of drug-likeness (QED) is 0.810. The Kier molecular flexibility index (Phi) is 6.53. The number of ether oxygens (including phenoxy) is 2. The molecule has 6 nitrogen and oxygen atoms in total. The minimum atomic E-state index is -0.111. The van der Waals surface area contributed by atoms with Gasteiger partial charge >= 0.3 is 0 Å².